The van der Waals surface area contributed by atoms with Crippen molar-refractivity contribution >= 4 is 11.8 Å². The summed E-state index contributed by atoms with van der Waals surface area (Å²) < 4.78 is 1.95. The Morgan fingerprint density at radius 2 is 2.00 bits per heavy atom. The van der Waals surface area contributed by atoms with Gasteiger partial charge in [0.15, 0.2) is 0 Å². The van der Waals surface area contributed by atoms with Crippen LogP contribution in [0.4, 0.5) is 0 Å². The van der Waals surface area contributed by atoms with Crippen molar-refractivity contribution in [3.63, 3.8) is 0 Å². The third-order valence-electron chi connectivity index (χ3n) is 5.83. The van der Waals surface area contributed by atoms with Gasteiger partial charge in [-0.15, -0.1) is 0 Å². The van der Waals surface area contributed by atoms with Gasteiger partial charge < -0.3 is 14.8 Å². The molecule has 1 aromatic heterocycles. The van der Waals surface area contributed by atoms with Crippen LogP contribution in [0.5, 0.6) is 0 Å². The lowest BCUT2D eigenvalue weighted by atomic mass is 9.97. The molecule has 1 aliphatic heterocycles. The van der Waals surface area contributed by atoms with Gasteiger partial charge in [0.25, 0.3) is 5.91 Å². The first-order valence-corrected chi connectivity index (χ1v) is 8.27. The first-order chi connectivity index (χ1) is 10.6. The molecule has 118 valence electrons. The van der Waals surface area contributed by atoms with Crippen molar-refractivity contribution in [1.82, 2.24) is 14.8 Å². The summed E-state index contributed by atoms with van der Waals surface area (Å²) in [5.41, 5.74) is 1.77. The molecule has 0 aromatic carbocycles. The van der Waals surface area contributed by atoms with Crippen LogP contribution < -0.4 is 5.32 Å². The third-order valence-corrected chi connectivity index (χ3v) is 5.83. The first kappa shape index (κ1) is 13.9. The molecule has 1 atom stereocenters. The van der Waals surface area contributed by atoms with Crippen molar-refractivity contribution in [2.24, 2.45) is 18.4 Å². The average molecular weight is 301 g/mol. The van der Waals surface area contributed by atoms with Gasteiger partial charge in [-0.3, -0.25) is 9.59 Å². The molecule has 2 saturated carbocycles. The summed E-state index contributed by atoms with van der Waals surface area (Å²) in [7, 11) is 3.57. The molecule has 1 N–H and O–H groups in total. The Kier molecular flexibility index (Phi) is 2.90. The van der Waals surface area contributed by atoms with Crippen LogP contribution in [0.1, 0.15) is 54.3 Å². The second-order valence-corrected chi connectivity index (χ2v) is 7.05. The van der Waals surface area contributed by atoms with Crippen molar-refractivity contribution in [2.75, 3.05) is 13.6 Å². The highest BCUT2D eigenvalue weighted by Crippen LogP contribution is 2.76. The van der Waals surface area contributed by atoms with Gasteiger partial charge in [0, 0.05) is 26.3 Å². The number of hydrogen-bond acceptors (Lipinski definition) is 2. The van der Waals surface area contributed by atoms with Gasteiger partial charge >= 0.3 is 0 Å². The molecular weight excluding hydrogens is 278 g/mol. The maximum atomic E-state index is 12.9. The van der Waals surface area contributed by atoms with Crippen LogP contribution in [0.3, 0.4) is 0 Å². The van der Waals surface area contributed by atoms with E-state index in [0.717, 1.165) is 44.3 Å². The quantitative estimate of drug-likeness (QED) is 0.926. The van der Waals surface area contributed by atoms with Crippen LogP contribution in [0.15, 0.2) is 12.1 Å². The average Bonchev–Trinajstić information content (AvgIpc) is 3.37. The fraction of sp³-hybridized carbons (Fsp3) is 0.647. The highest BCUT2D eigenvalue weighted by Gasteiger charge is 2.75. The molecule has 2 aliphatic carbocycles. The van der Waals surface area contributed by atoms with E-state index in [9.17, 15) is 9.59 Å². The van der Waals surface area contributed by atoms with E-state index in [1.54, 1.807) is 7.05 Å². The Bertz CT molecular complexity index is 642. The van der Waals surface area contributed by atoms with E-state index >= 15 is 0 Å². The predicted molar refractivity (Wildman–Crippen MR) is 82.3 cm³/mol. The zero-order chi connectivity index (χ0) is 15.5. The number of carbonyl (C=O) groups excluding carboxylic acids is 2. The van der Waals surface area contributed by atoms with Crippen LogP contribution in [-0.4, -0.2) is 34.9 Å². The van der Waals surface area contributed by atoms with Crippen LogP contribution in [0.2, 0.25) is 0 Å². The van der Waals surface area contributed by atoms with Gasteiger partial charge in [0.1, 0.15) is 5.69 Å². The van der Waals surface area contributed by atoms with E-state index < -0.39 is 0 Å². The normalized spacial score (nSPS) is 32.4. The highest BCUT2D eigenvalue weighted by molar-refractivity contribution is 5.93. The highest BCUT2D eigenvalue weighted by atomic mass is 16.2. The fourth-order valence-electron chi connectivity index (χ4n) is 4.04. The zero-order valence-corrected chi connectivity index (χ0v) is 13.3. The molecule has 0 bridgehead atoms. The van der Waals surface area contributed by atoms with Gasteiger partial charge in [-0.2, -0.15) is 0 Å². The van der Waals surface area contributed by atoms with Crippen LogP contribution in [0, 0.1) is 11.3 Å². The SMILES string of the molecule is CNC(=O)c1ccc(C2CCCCN2C(=O)C23CC2C3)n1C. The van der Waals surface area contributed by atoms with Gasteiger partial charge in [0.2, 0.25) is 5.91 Å². The number of carbonyl (C=O) groups is 2. The summed E-state index contributed by atoms with van der Waals surface area (Å²) in [5.74, 6) is 0.966. The molecule has 5 heteroatoms. The minimum Gasteiger partial charge on any atom is -0.354 e. The van der Waals surface area contributed by atoms with Crippen molar-refractivity contribution in [3.8, 4) is 0 Å². The number of nitrogens with one attached hydrogen (secondary N) is 1. The van der Waals surface area contributed by atoms with Crippen molar-refractivity contribution in [1.29, 1.82) is 0 Å². The molecular formula is C17H23N3O2. The lowest BCUT2D eigenvalue weighted by Crippen LogP contribution is -2.41. The Morgan fingerprint density at radius 1 is 1.27 bits per heavy atom. The van der Waals surface area contributed by atoms with Crippen molar-refractivity contribution in [3.05, 3.63) is 23.5 Å². The number of hydrogen-bond donors (Lipinski definition) is 1. The van der Waals surface area contributed by atoms with Crippen LogP contribution in [-0.2, 0) is 11.8 Å². The number of piperidine rings is 1. The van der Waals surface area contributed by atoms with Gasteiger partial charge in [-0.05, 0) is 50.2 Å². The second-order valence-electron chi connectivity index (χ2n) is 7.05. The van der Waals surface area contributed by atoms with Gasteiger partial charge in [-0.25, -0.2) is 0 Å². The zero-order valence-electron chi connectivity index (χ0n) is 13.3. The summed E-state index contributed by atoms with van der Waals surface area (Å²) >= 11 is 0. The largest absolute Gasteiger partial charge is 0.354 e. The monoisotopic (exact) mass is 301 g/mol. The fourth-order valence-corrected chi connectivity index (χ4v) is 4.04. The Morgan fingerprint density at radius 3 is 2.64 bits per heavy atom. The number of fused-ring (bicyclic) bond motifs is 1. The molecule has 3 aliphatic rings. The minimum atomic E-state index is -0.0783. The van der Waals surface area contributed by atoms with E-state index in [0.29, 0.717) is 17.5 Å². The Balaban J connectivity index is 1.63. The van der Waals surface area contributed by atoms with Crippen LogP contribution in [0.25, 0.3) is 0 Å². The van der Waals surface area contributed by atoms with Crippen molar-refractivity contribution in [2.45, 2.75) is 38.1 Å². The minimum absolute atomic E-state index is 0.0321. The summed E-state index contributed by atoms with van der Waals surface area (Å²) in [5, 5.41) is 2.67. The maximum absolute atomic E-state index is 12.9. The molecule has 3 fully saturated rings. The molecule has 4 rings (SSSR count). The molecule has 5 nitrogen and oxygen atoms in total. The number of likely N-dealkylation sites (tertiary alicyclic amines) is 1. The molecule has 22 heavy (non-hydrogen) atoms. The standard InChI is InChI=1S/C17H23N3O2/c1-18-15(21)14-7-6-12(19(14)2)13-5-3-4-8-20(13)16(22)17-9-11(17)10-17/h6-7,11,13H,3-5,8-10H2,1-2H3,(H,18,21). The van der Waals surface area contributed by atoms with E-state index in [-0.39, 0.29) is 17.4 Å². The molecule has 1 aromatic rings. The molecule has 1 unspecified atom stereocenters. The second kappa shape index (κ2) is 4.61. The number of aromatic nitrogens is 1. The maximum Gasteiger partial charge on any atom is 0.267 e. The topological polar surface area (TPSA) is 54.3 Å². The Labute approximate surface area is 130 Å². The molecule has 0 spiro atoms. The number of rotatable bonds is 3. The molecule has 2 heterocycles. The van der Waals surface area contributed by atoms with E-state index in [2.05, 4.69) is 10.2 Å². The summed E-state index contributed by atoms with van der Waals surface area (Å²) in [6.07, 6.45) is 5.44. The first-order valence-electron chi connectivity index (χ1n) is 8.27. The third kappa shape index (κ3) is 1.84. The lowest BCUT2D eigenvalue weighted by Gasteiger charge is -2.37. The summed E-state index contributed by atoms with van der Waals surface area (Å²) in [6.45, 7) is 0.860. The van der Waals surface area contributed by atoms with Gasteiger partial charge in [0.05, 0.1) is 11.5 Å². The molecule has 0 radical (unpaired) electrons. The lowest BCUT2D eigenvalue weighted by molar-refractivity contribution is -0.138. The van der Waals surface area contributed by atoms with E-state index in [1.165, 1.54) is 0 Å². The molecule has 2 amide bonds. The van der Waals surface area contributed by atoms with Gasteiger partial charge in [-0.1, -0.05) is 0 Å². The summed E-state index contributed by atoms with van der Waals surface area (Å²) in [4.78, 5) is 26.9. The smallest absolute Gasteiger partial charge is 0.267 e. The number of amides is 2. The predicted octanol–water partition coefficient (Wildman–Crippen LogP) is 1.85. The van der Waals surface area contributed by atoms with E-state index in [4.69, 9.17) is 0 Å². The van der Waals surface area contributed by atoms with Crippen molar-refractivity contribution < 1.29 is 9.59 Å². The van der Waals surface area contributed by atoms with Crippen LogP contribution >= 0.6 is 0 Å². The number of nitrogens with zero attached hydrogens (tertiary/aromatic N) is 2. The summed E-state index contributed by atoms with van der Waals surface area (Å²) in [6, 6.07) is 4.00. The molecule has 1 saturated heterocycles. The Hall–Kier alpha value is -1.78. The van der Waals surface area contributed by atoms with E-state index in [1.807, 2.05) is 23.7 Å².